The van der Waals surface area contributed by atoms with Gasteiger partial charge in [0.25, 0.3) is 0 Å². The highest BCUT2D eigenvalue weighted by Crippen LogP contribution is 2.27. The van der Waals surface area contributed by atoms with Crippen LogP contribution in [0.1, 0.15) is 26.2 Å². The summed E-state index contributed by atoms with van der Waals surface area (Å²) in [5.74, 6) is 0. The minimum absolute atomic E-state index is 0.0738. The first kappa shape index (κ1) is 16.5. The maximum Gasteiger partial charge on any atom is 0.243 e. The van der Waals surface area contributed by atoms with E-state index in [0.717, 1.165) is 30.4 Å². The van der Waals surface area contributed by atoms with Crippen molar-refractivity contribution < 1.29 is 8.42 Å². The van der Waals surface area contributed by atoms with Crippen LogP contribution in [0.25, 0.3) is 11.1 Å². The highest BCUT2D eigenvalue weighted by molar-refractivity contribution is 7.89. The van der Waals surface area contributed by atoms with Crippen molar-refractivity contribution in [3.8, 4) is 11.1 Å². The van der Waals surface area contributed by atoms with E-state index in [4.69, 9.17) is 11.6 Å². The van der Waals surface area contributed by atoms with Crippen molar-refractivity contribution in [3.63, 3.8) is 0 Å². The fourth-order valence-electron chi connectivity index (χ4n) is 3.03. The van der Waals surface area contributed by atoms with Gasteiger partial charge in [-0.25, -0.2) is 8.42 Å². The maximum absolute atomic E-state index is 12.8. The summed E-state index contributed by atoms with van der Waals surface area (Å²) in [5, 5.41) is 0.687. The van der Waals surface area contributed by atoms with Crippen LogP contribution in [-0.2, 0) is 10.0 Å². The molecule has 1 atom stereocenters. The fraction of sp³-hybridized carbons (Fsp3) is 0.333. The Hall–Kier alpha value is -1.36. The lowest BCUT2D eigenvalue weighted by Gasteiger charge is -2.32. The standard InChI is InChI=1S/C18H20ClNO2S/c1-14-4-2-3-13-20(14)23(21,22)18-11-7-16(8-12-18)15-5-9-17(19)10-6-15/h5-12,14H,2-4,13H2,1H3/t14-/m1/s1. The molecule has 1 fully saturated rings. The van der Waals surface area contributed by atoms with E-state index in [1.54, 1.807) is 16.4 Å². The first-order chi connectivity index (χ1) is 11.0. The zero-order valence-corrected chi connectivity index (χ0v) is 14.6. The molecule has 0 unspecified atom stereocenters. The molecule has 0 amide bonds. The third kappa shape index (κ3) is 3.44. The van der Waals surface area contributed by atoms with E-state index >= 15 is 0 Å². The van der Waals surface area contributed by atoms with Crippen LogP contribution in [0, 0.1) is 0 Å². The van der Waals surface area contributed by atoms with Crippen LogP contribution in [-0.4, -0.2) is 25.3 Å². The lowest BCUT2D eigenvalue weighted by atomic mass is 10.1. The Morgan fingerprint density at radius 2 is 1.52 bits per heavy atom. The van der Waals surface area contributed by atoms with Gasteiger partial charge < -0.3 is 0 Å². The Morgan fingerprint density at radius 3 is 2.09 bits per heavy atom. The van der Waals surface area contributed by atoms with Gasteiger partial charge in [-0.15, -0.1) is 0 Å². The first-order valence-electron chi connectivity index (χ1n) is 7.86. The minimum Gasteiger partial charge on any atom is -0.207 e. The Morgan fingerprint density at radius 1 is 0.957 bits per heavy atom. The molecule has 0 N–H and O–H groups in total. The highest BCUT2D eigenvalue weighted by Gasteiger charge is 2.30. The van der Waals surface area contributed by atoms with E-state index in [9.17, 15) is 8.42 Å². The smallest absolute Gasteiger partial charge is 0.207 e. The molecule has 1 saturated heterocycles. The molecule has 0 radical (unpaired) electrons. The number of hydrogen-bond donors (Lipinski definition) is 0. The summed E-state index contributed by atoms with van der Waals surface area (Å²) in [6.45, 7) is 2.60. The van der Waals surface area contributed by atoms with Gasteiger partial charge in [0.05, 0.1) is 4.90 Å². The van der Waals surface area contributed by atoms with E-state index < -0.39 is 10.0 Å². The van der Waals surface area contributed by atoms with E-state index in [2.05, 4.69) is 0 Å². The summed E-state index contributed by atoms with van der Waals surface area (Å²) in [4.78, 5) is 0.365. The second kappa shape index (κ2) is 6.63. The van der Waals surface area contributed by atoms with Crippen LogP contribution in [0.4, 0.5) is 0 Å². The summed E-state index contributed by atoms with van der Waals surface area (Å²) < 4.78 is 27.2. The van der Waals surface area contributed by atoms with Crippen molar-refractivity contribution in [1.29, 1.82) is 0 Å². The molecule has 23 heavy (non-hydrogen) atoms. The van der Waals surface area contributed by atoms with Crippen molar-refractivity contribution in [2.45, 2.75) is 37.1 Å². The molecular formula is C18H20ClNO2S. The van der Waals surface area contributed by atoms with Gasteiger partial charge in [0, 0.05) is 17.6 Å². The Labute approximate surface area is 142 Å². The van der Waals surface area contributed by atoms with Gasteiger partial charge >= 0.3 is 0 Å². The van der Waals surface area contributed by atoms with Crippen molar-refractivity contribution in [2.75, 3.05) is 6.54 Å². The summed E-state index contributed by atoms with van der Waals surface area (Å²) in [6.07, 6.45) is 2.97. The number of hydrogen-bond acceptors (Lipinski definition) is 2. The molecule has 0 aromatic heterocycles. The number of benzene rings is 2. The van der Waals surface area contributed by atoms with Crippen LogP contribution < -0.4 is 0 Å². The van der Waals surface area contributed by atoms with E-state index in [1.165, 1.54) is 0 Å². The number of rotatable bonds is 3. The molecule has 3 rings (SSSR count). The third-order valence-electron chi connectivity index (χ3n) is 4.38. The maximum atomic E-state index is 12.8. The topological polar surface area (TPSA) is 37.4 Å². The molecule has 0 spiro atoms. The number of sulfonamides is 1. The zero-order valence-electron chi connectivity index (χ0n) is 13.1. The molecule has 1 aliphatic heterocycles. The molecule has 0 aliphatic carbocycles. The average molecular weight is 350 g/mol. The number of halogens is 1. The first-order valence-corrected chi connectivity index (χ1v) is 9.68. The van der Waals surface area contributed by atoms with Crippen LogP contribution in [0.5, 0.6) is 0 Å². The molecule has 1 heterocycles. The van der Waals surface area contributed by atoms with Gasteiger partial charge in [-0.1, -0.05) is 42.3 Å². The fourth-order valence-corrected chi connectivity index (χ4v) is 4.85. The minimum atomic E-state index is -3.40. The number of piperidine rings is 1. The average Bonchev–Trinajstić information content (AvgIpc) is 2.56. The van der Waals surface area contributed by atoms with Gasteiger partial charge in [-0.3, -0.25) is 0 Å². The van der Waals surface area contributed by atoms with Gasteiger partial charge in [0.1, 0.15) is 0 Å². The number of nitrogens with zero attached hydrogens (tertiary/aromatic N) is 1. The summed E-state index contributed by atoms with van der Waals surface area (Å²) in [5.41, 5.74) is 2.00. The highest BCUT2D eigenvalue weighted by atomic mass is 35.5. The van der Waals surface area contributed by atoms with Crippen LogP contribution in [0.2, 0.25) is 5.02 Å². The molecule has 3 nitrogen and oxygen atoms in total. The lowest BCUT2D eigenvalue weighted by Crippen LogP contribution is -2.41. The van der Waals surface area contributed by atoms with Crippen molar-refractivity contribution in [1.82, 2.24) is 4.31 Å². The molecule has 2 aromatic carbocycles. The van der Waals surface area contributed by atoms with E-state index in [-0.39, 0.29) is 6.04 Å². The summed E-state index contributed by atoms with van der Waals surface area (Å²) >= 11 is 5.90. The third-order valence-corrected chi connectivity index (χ3v) is 6.66. The zero-order chi connectivity index (χ0) is 16.4. The molecule has 5 heteroatoms. The second-order valence-electron chi connectivity index (χ2n) is 5.99. The van der Waals surface area contributed by atoms with Crippen LogP contribution >= 0.6 is 11.6 Å². The molecule has 122 valence electrons. The molecule has 1 aliphatic rings. The van der Waals surface area contributed by atoms with Crippen molar-refractivity contribution in [3.05, 3.63) is 53.6 Å². The molecule has 2 aromatic rings. The Kier molecular flexibility index (Phi) is 4.76. The van der Waals surface area contributed by atoms with E-state index in [0.29, 0.717) is 16.5 Å². The largest absolute Gasteiger partial charge is 0.243 e. The lowest BCUT2D eigenvalue weighted by molar-refractivity contribution is 0.268. The van der Waals surface area contributed by atoms with Gasteiger partial charge in [0.2, 0.25) is 10.0 Å². The van der Waals surface area contributed by atoms with Crippen LogP contribution in [0.15, 0.2) is 53.4 Å². The summed E-state index contributed by atoms with van der Waals surface area (Å²) in [7, 11) is -3.40. The predicted octanol–water partition coefficient (Wildman–Crippen LogP) is 4.57. The van der Waals surface area contributed by atoms with Gasteiger partial charge in [0.15, 0.2) is 0 Å². The summed E-state index contributed by atoms with van der Waals surface area (Å²) in [6, 6.07) is 14.7. The van der Waals surface area contributed by atoms with Crippen molar-refractivity contribution >= 4 is 21.6 Å². The molecular weight excluding hydrogens is 330 g/mol. The molecule has 0 saturated carbocycles. The quantitative estimate of drug-likeness (QED) is 0.813. The Bertz CT molecular complexity index is 770. The predicted molar refractivity (Wildman–Crippen MR) is 94.1 cm³/mol. The van der Waals surface area contributed by atoms with Gasteiger partial charge in [-0.05, 0) is 55.2 Å². The Balaban J connectivity index is 1.88. The van der Waals surface area contributed by atoms with Crippen molar-refractivity contribution in [2.24, 2.45) is 0 Å². The van der Waals surface area contributed by atoms with Crippen LogP contribution in [0.3, 0.4) is 0 Å². The monoisotopic (exact) mass is 349 g/mol. The van der Waals surface area contributed by atoms with E-state index in [1.807, 2.05) is 43.3 Å². The molecule has 0 bridgehead atoms. The second-order valence-corrected chi connectivity index (χ2v) is 8.32. The van der Waals surface area contributed by atoms with Gasteiger partial charge in [-0.2, -0.15) is 4.31 Å². The normalized spacial score (nSPS) is 19.7. The SMILES string of the molecule is C[C@@H]1CCCCN1S(=O)(=O)c1ccc(-c2ccc(Cl)cc2)cc1.